The predicted octanol–water partition coefficient (Wildman–Crippen LogP) is 3.91. The molecular weight excluding hydrogens is 515 g/mol. The molecule has 0 aromatic heterocycles. The highest BCUT2D eigenvalue weighted by atomic mass is 31.2. The van der Waals surface area contributed by atoms with Gasteiger partial charge in [0.25, 0.3) is 0 Å². The van der Waals surface area contributed by atoms with E-state index in [1.54, 1.807) is 13.8 Å². The monoisotopic (exact) mass is 550 g/mol. The van der Waals surface area contributed by atoms with Crippen molar-refractivity contribution in [3.8, 4) is 0 Å². The highest BCUT2D eigenvalue weighted by Gasteiger charge is 2.47. The minimum absolute atomic E-state index is 0.106. The number of hydrogen-bond donors (Lipinski definition) is 0. The predicted molar refractivity (Wildman–Crippen MR) is 137 cm³/mol. The molecule has 11 heteroatoms. The zero-order valence-electron chi connectivity index (χ0n) is 21.9. The number of carbonyl (C=O) groups excluding carboxylic acids is 2. The van der Waals surface area contributed by atoms with Crippen LogP contribution in [0.3, 0.4) is 0 Å². The van der Waals surface area contributed by atoms with Gasteiger partial charge in [0.1, 0.15) is 18.9 Å². The fraction of sp³-hybridized carbons (Fsp3) is 0.481. The first-order valence-electron chi connectivity index (χ1n) is 12.5. The van der Waals surface area contributed by atoms with E-state index in [0.29, 0.717) is 0 Å². The molecule has 0 aliphatic carbocycles. The molecule has 1 saturated heterocycles. The summed E-state index contributed by atoms with van der Waals surface area (Å²) in [5.41, 5.74) is 1.77. The van der Waals surface area contributed by atoms with Crippen LogP contribution in [0.25, 0.3) is 0 Å². The lowest BCUT2D eigenvalue weighted by atomic mass is 10.00. The zero-order chi connectivity index (χ0) is 27.4. The van der Waals surface area contributed by atoms with E-state index in [2.05, 4.69) is 0 Å². The molecular formula is C27H35O10P. The molecule has 0 amide bonds. The van der Waals surface area contributed by atoms with Crippen molar-refractivity contribution in [1.82, 2.24) is 0 Å². The van der Waals surface area contributed by atoms with Crippen LogP contribution in [0.1, 0.15) is 25.0 Å². The average molecular weight is 551 g/mol. The van der Waals surface area contributed by atoms with Crippen LogP contribution in [0, 0.1) is 0 Å². The minimum Gasteiger partial charge on any atom is -0.462 e. The summed E-state index contributed by atoms with van der Waals surface area (Å²) in [5, 5.41) is 0. The molecule has 1 aliphatic rings. The molecule has 38 heavy (non-hydrogen) atoms. The van der Waals surface area contributed by atoms with Gasteiger partial charge in [-0.25, -0.2) is 0 Å². The Morgan fingerprint density at radius 1 is 0.895 bits per heavy atom. The Bertz CT molecular complexity index is 1040. The molecule has 4 atom stereocenters. The van der Waals surface area contributed by atoms with Gasteiger partial charge in [-0.1, -0.05) is 60.7 Å². The number of benzene rings is 2. The van der Waals surface area contributed by atoms with Crippen molar-refractivity contribution in [2.75, 3.05) is 33.1 Å². The third-order valence-corrected chi connectivity index (χ3v) is 7.57. The molecule has 0 bridgehead atoms. The largest absolute Gasteiger partial charge is 0.462 e. The summed E-state index contributed by atoms with van der Waals surface area (Å²) in [6.45, 7) is 3.43. The molecule has 3 unspecified atom stereocenters. The van der Waals surface area contributed by atoms with Gasteiger partial charge in [-0.15, -0.1) is 0 Å². The first-order chi connectivity index (χ1) is 18.4. The summed E-state index contributed by atoms with van der Waals surface area (Å²) in [6, 6.07) is 18.9. The van der Waals surface area contributed by atoms with Crippen molar-refractivity contribution in [2.24, 2.45) is 0 Å². The summed E-state index contributed by atoms with van der Waals surface area (Å²) in [6.07, 6.45) is -4.67. The first-order valence-corrected chi connectivity index (χ1v) is 14.2. The van der Waals surface area contributed by atoms with Crippen LogP contribution in [-0.2, 0) is 60.1 Å². The summed E-state index contributed by atoms with van der Waals surface area (Å²) < 4.78 is 51.6. The lowest BCUT2D eigenvalue weighted by molar-refractivity contribution is -0.268. The molecule has 0 radical (unpaired) electrons. The smallest absolute Gasteiger partial charge is 0.341 e. The van der Waals surface area contributed by atoms with Gasteiger partial charge >= 0.3 is 13.6 Å². The quantitative estimate of drug-likeness (QED) is 0.239. The molecule has 1 heterocycles. The fourth-order valence-electron chi connectivity index (χ4n) is 3.87. The third kappa shape index (κ3) is 8.81. The van der Waals surface area contributed by atoms with Gasteiger partial charge in [0.2, 0.25) is 0 Å². The fourth-order valence-corrected chi connectivity index (χ4v) is 5.32. The van der Waals surface area contributed by atoms with Gasteiger partial charge in [0.05, 0.1) is 26.4 Å². The second-order valence-electron chi connectivity index (χ2n) is 8.40. The summed E-state index contributed by atoms with van der Waals surface area (Å²) in [4.78, 5) is 25.9. The lowest BCUT2D eigenvalue weighted by Crippen LogP contribution is -2.58. The molecule has 1 aliphatic heterocycles. The highest BCUT2D eigenvalue weighted by molar-refractivity contribution is 7.54. The van der Waals surface area contributed by atoms with Crippen molar-refractivity contribution < 1.29 is 46.9 Å². The third-order valence-electron chi connectivity index (χ3n) is 5.62. The number of esters is 1. The molecule has 0 spiro atoms. The average Bonchev–Trinajstić information content (AvgIpc) is 2.92. The number of ether oxygens (including phenoxy) is 5. The normalized spacial score (nSPS) is 21.8. The molecule has 10 nitrogen and oxygen atoms in total. The van der Waals surface area contributed by atoms with Crippen molar-refractivity contribution >= 4 is 19.3 Å². The Morgan fingerprint density at radius 3 is 1.97 bits per heavy atom. The van der Waals surface area contributed by atoms with E-state index in [9.17, 15) is 14.2 Å². The van der Waals surface area contributed by atoms with E-state index in [-0.39, 0.29) is 26.4 Å². The summed E-state index contributed by atoms with van der Waals surface area (Å²) in [7, 11) is -2.23. The maximum absolute atomic E-state index is 13.5. The van der Waals surface area contributed by atoms with Gasteiger partial charge < -0.3 is 32.7 Å². The van der Waals surface area contributed by atoms with E-state index in [0.717, 1.165) is 11.1 Å². The molecule has 3 rings (SSSR count). The van der Waals surface area contributed by atoms with Gasteiger partial charge in [-0.2, -0.15) is 0 Å². The summed E-state index contributed by atoms with van der Waals surface area (Å²) >= 11 is 0. The van der Waals surface area contributed by atoms with Gasteiger partial charge in [-0.3, -0.25) is 14.2 Å². The number of Topliss-reactive ketones (excluding diaryl/α,β-unsaturated/α-hetero) is 1. The van der Waals surface area contributed by atoms with Crippen LogP contribution in [0.2, 0.25) is 0 Å². The van der Waals surface area contributed by atoms with E-state index in [1.165, 1.54) is 7.11 Å². The zero-order valence-corrected chi connectivity index (χ0v) is 22.7. The molecule has 1 fully saturated rings. The second-order valence-corrected chi connectivity index (χ2v) is 10.5. The number of carbonyl (C=O) groups is 2. The maximum Gasteiger partial charge on any atom is 0.341 e. The van der Waals surface area contributed by atoms with Crippen LogP contribution in [0.4, 0.5) is 0 Å². The molecule has 2 aromatic carbocycles. The number of rotatable bonds is 15. The number of methoxy groups -OCH3 is 1. The molecule has 2 aromatic rings. The van der Waals surface area contributed by atoms with Gasteiger partial charge in [0, 0.05) is 7.11 Å². The molecule has 0 saturated carbocycles. The lowest BCUT2D eigenvalue weighted by Gasteiger charge is -2.39. The Hall–Kier alpha value is -2.43. The van der Waals surface area contributed by atoms with Crippen molar-refractivity contribution in [3.63, 3.8) is 0 Å². The summed E-state index contributed by atoms with van der Waals surface area (Å²) in [5.74, 6) is -1.30. The Labute approximate surface area is 223 Å². The number of ketones is 1. The van der Waals surface area contributed by atoms with Crippen molar-refractivity contribution in [2.45, 2.75) is 51.7 Å². The van der Waals surface area contributed by atoms with Gasteiger partial charge in [0.15, 0.2) is 24.3 Å². The van der Waals surface area contributed by atoms with Gasteiger partial charge in [-0.05, 0) is 25.0 Å². The van der Waals surface area contributed by atoms with E-state index in [1.807, 2.05) is 60.7 Å². The highest BCUT2D eigenvalue weighted by Crippen LogP contribution is 2.47. The topological polar surface area (TPSA) is 116 Å². The SMILES string of the molecule is CCOP(=O)(CC(=O)OCC1O[C@H](OC)C(OCc2ccccc2)C(OCc2ccccc2)C1=O)OCC. The Kier molecular flexibility index (Phi) is 12.1. The number of hydrogen-bond acceptors (Lipinski definition) is 10. The van der Waals surface area contributed by atoms with Crippen LogP contribution < -0.4 is 0 Å². The van der Waals surface area contributed by atoms with Crippen LogP contribution in [0.5, 0.6) is 0 Å². The van der Waals surface area contributed by atoms with Crippen LogP contribution in [0.15, 0.2) is 60.7 Å². The van der Waals surface area contributed by atoms with Crippen LogP contribution in [-0.4, -0.2) is 69.4 Å². The van der Waals surface area contributed by atoms with Crippen molar-refractivity contribution in [3.05, 3.63) is 71.8 Å². The Morgan fingerprint density at radius 2 is 1.45 bits per heavy atom. The van der Waals surface area contributed by atoms with Crippen molar-refractivity contribution in [1.29, 1.82) is 0 Å². The first kappa shape index (κ1) is 30.1. The van der Waals surface area contributed by atoms with E-state index < -0.39 is 56.7 Å². The minimum atomic E-state index is -3.65. The maximum atomic E-state index is 13.5. The van der Waals surface area contributed by atoms with Crippen LogP contribution >= 0.6 is 7.60 Å². The molecule has 0 N–H and O–H groups in total. The standard InChI is InChI=1S/C27H35O10P/c1-4-35-38(30,36-5-2)19-23(28)32-18-22-24(29)25(33-16-20-12-8-6-9-13-20)26(27(31-3)37-22)34-17-21-14-10-7-11-15-21/h6-15,22,25-27H,4-5,16-19H2,1-3H3/t22?,25?,26?,27-/m0/s1. The Balaban J connectivity index is 1.70. The second kappa shape index (κ2) is 15.2. The van der Waals surface area contributed by atoms with E-state index >= 15 is 0 Å². The molecule has 208 valence electrons. The van der Waals surface area contributed by atoms with E-state index in [4.69, 9.17) is 32.7 Å².